The smallest absolute Gasteiger partial charge is 0.317 e. The highest BCUT2D eigenvalue weighted by Gasteiger charge is 2.53. The Morgan fingerprint density at radius 3 is 2.65 bits per heavy atom. The van der Waals surface area contributed by atoms with Gasteiger partial charge in [0.15, 0.2) is 0 Å². The van der Waals surface area contributed by atoms with E-state index in [1.54, 1.807) is 21.9 Å². The van der Waals surface area contributed by atoms with Gasteiger partial charge in [0.05, 0.1) is 10.8 Å². The van der Waals surface area contributed by atoms with E-state index in [2.05, 4.69) is 5.32 Å². The molecule has 1 N–H and O–H groups in total. The molecule has 1 atom stereocenters. The topological polar surface area (TPSA) is 69.7 Å². The lowest BCUT2D eigenvalue weighted by atomic mass is 10.0. The fourth-order valence-corrected chi connectivity index (χ4v) is 5.32. The zero-order chi connectivity index (χ0) is 18.9. The van der Waals surface area contributed by atoms with Gasteiger partial charge in [-0.25, -0.2) is 9.18 Å². The number of urea groups is 1. The molecular formula is C18H24FN3O3S. The van der Waals surface area contributed by atoms with Crippen LogP contribution >= 0.6 is 0 Å². The Hall–Kier alpha value is -1.96. The molecule has 26 heavy (non-hydrogen) atoms. The third kappa shape index (κ3) is 3.60. The Morgan fingerprint density at radius 2 is 2.04 bits per heavy atom. The van der Waals surface area contributed by atoms with E-state index in [1.165, 1.54) is 12.1 Å². The van der Waals surface area contributed by atoms with E-state index in [4.69, 9.17) is 0 Å². The van der Waals surface area contributed by atoms with Crippen LogP contribution < -0.4 is 5.32 Å². The molecular weight excluding hydrogens is 357 g/mol. The van der Waals surface area contributed by atoms with Crippen LogP contribution in [-0.4, -0.2) is 55.7 Å². The third-order valence-corrected chi connectivity index (χ3v) is 6.93. The predicted molar refractivity (Wildman–Crippen MR) is 97.2 cm³/mol. The maximum atomic E-state index is 13.5. The van der Waals surface area contributed by atoms with Crippen LogP contribution in [0.3, 0.4) is 0 Å². The maximum absolute atomic E-state index is 13.5. The van der Waals surface area contributed by atoms with Crippen molar-refractivity contribution < 1.29 is 18.2 Å². The summed E-state index contributed by atoms with van der Waals surface area (Å²) in [5.74, 6) is -0.537. The molecule has 2 aliphatic heterocycles. The number of likely N-dealkylation sites (tertiary alicyclic amines) is 1. The second-order valence-electron chi connectivity index (χ2n) is 7.14. The first kappa shape index (κ1) is 18.8. The lowest BCUT2D eigenvalue weighted by molar-refractivity contribution is -0.131. The molecule has 1 spiro atoms. The van der Waals surface area contributed by atoms with E-state index >= 15 is 0 Å². The van der Waals surface area contributed by atoms with Gasteiger partial charge in [-0.05, 0) is 31.5 Å². The number of amides is 3. The number of piperidine rings is 1. The second kappa shape index (κ2) is 7.34. The predicted octanol–water partition coefficient (Wildman–Crippen LogP) is 1.83. The molecule has 2 heterocycles. The van der Waals surface area contributed by atoms with Gasteiger partial charge in [0.1, 0.15) is 16.4 Å². The summed E-state index contributed by atoms with van der Waals surface area (Å²) in [6, 6.07) is 6.03. The fraction of sp³-hybridized carbons (Fsp3) is 0.556. The summed E-state index contributed by atoms with van der Waals surface area (Å²) in [6.45, 7) is 4.92. The molecule has 8 heteroatoms. The van der Waals surface area contributed by atoms with Crippen molar-refractivity contribution >= 4 is 22.7 Å². The first-order chi connectivity index (χ1) is 12.3. The SMILES string of the molecule is CC(C)NC(=O)N1CCC2(CC1)N(Cc1cccc(F)c1)C(=O)CS2=O. The molecule has 1 aromatic rings. The summed E-state index contributed by atoms with van der Waals surface area (Å²) in [5, 5.41) is 2.86. The van der Waals surface area contributed by atoms with Crippen LogP contribution in [0.1, 0.15) is 32.3 Å². The molecule has 3 amide bonds. The average molecular weight is 381 g/mol. The number of carbonyl (C=O) groups excluding carboxylic acids is 2. The lowest BCUT2D eigenvalue weighted by Gasteiger charge is -2.43. The molecule has 0 saturated carbocycles. The average Bonchev–Trinajstić information content (AvgIpc) is 2.79. The van der Waals surface area contributed by atoms with E-state index < -0.39 is 15.7 Å². The number of nitrogens with one attached hydrogen (secondary N) is 1. The minimum Gasteiger partial charge on any atom is -0.336 e. The Morgan fingerprint density at radius 1 is 1.35 bits per heavy atom. The summed E-state index contributed by atoms with van der Waals surface area (Å²) in [5.41, 5.74) is 0.677. The van der Waals surface area contributed by atoms with Gasteiger partial charge in [0.25, 0.3) is 0 Å². The minimum atomic E-state index is -1.32. The molecule has 0 bridgehead atoms. The maximum Gasteiger partial charge on any atom is 0.317 e. The number of nitrogens with zero attached hydrogens (tertiary/aromatic N) is 2. The molecule has 1 aromatic carbocycles. The highest BCUT2D eigenvalue weighted by atomic mass is 32.2. The molecule has 2 aliphatic rings. The zero-order valence-electron chi connectivity index (χ0n) is 15.0. The van der Waals surface area contributed by atoms with E-state index in [0.717, 1.165) is 0 Å². The van der Waals surface area contributed by atoms with Crippen LogP contribution in [0.5, 0.6) is 0 Å². The van der Waals surface area contributed by atoms with Crippen LogP contribution in [0.25, 0.3) is 0 Å². The quantitative estimate of drug-likeness (QED) is 0.868. The Kier molecular flexibility index (Phi) is 5.32. The number of benzene rings is 1. The van der Waals surface area contributed by atoms with Gasteiger partial charge in [-0.3, -0.25) is 9.00 Å². The molecule has 0 aromatic heterocycles. The summed E-state index contributed by atoms with van der Waals surface area (Å²) in [6.07, 6.45) is 0.929. The zero-order valence-corrected chi connectivity index (χ0v) is 15.9. The second-order valence-corrected chi connectivity index (χ2v) is 8.88. The first-order valence-electron chi connectivity index (χ1n) is 8.81. The van der Waals surface area contributed by atoms with Crippen molar-refractivity contribution in [3.63, 3.8) is 0 Å². The van der Waals surface area contributed by atoms with E-state index in [0.29, 0.717) is 31.5 Å². The standard InChI is InChI=1S/C18H24FN3O3S/c1-13(2)20-17(24)21-8-6-18(7-9-21)22(16(23)12-26(18)25)11-14-4-3-5-15(19)10-14/h3-5,10,13H,6-9,11-12H2,1-2H3,(H,20,24). The van der Waals surface area contributed by atoms with Gasteiger partial charge in [0.2, 0.25) is 5.91 Å². The van der Waals surface area contributed by atoms with Crippen molar-refractivity contribution in [2.75, 3.05) is 18.8 Å². The molecule has 1 unspecified atom stereocenters. The van der Waals surface area contributed by atoms with Crippen molar-refractivity contribution in [1.29, 1.82) is 0 Å². The Bertz CT molecular complexity index is 732. The number of carbonyl (C=O) groups is 2. The molecule has 3 rings (SSSR count). The minimum absolute atomic E-state index is 0.00644. The van der Waals surface area contributed by atoms with Crippen molar-refractivity contribution in [3.05, 3.63) is 35.6 Å². The van der Waals surface area contributed by atoms with Crippen LogP contribution in [-0.2, 0) is 22.1 Å². The monoisotopic (exact) mass is 381 g/mol. The van der Waals surface area contributed by atoms with Gasteiger partial charge < -0.3 is 15.1 Å². The summed E-state index contributed by atoms with van der Waals surface area (Å²) in [4.78, 5) is 27.2. The molecule has 2 fully saturated rings. The highest BCUT2D eigenvalue weighted by Crippen LogP contribution is 2.38. The summed E-state index contributed by atoms with van der Waals surface area (Å²) >= 11 is 0. The normalized spacial score (nSPS) is 22.3. The van der Waals surface area contributed by atoms with Crippen molar-refractivity contribution in [2.24, 2.45) is 0 Å². The van der Waals surface area contributed by atoms with Crippen LogP contribution in [0.15, 0.2) is 24.3 Å². The fourth-order valence-electron chi connectivity index (χ4n) is 3.62. The Balaban J connectivity index is 1.75. The molecule has 142 valence electrons. The van der Waals surface area contributed by atoms with E-state index in [9.17, 15) is 18.2 Å². The number of halogens is 1. The number of hydrogen-bond acceptors (Lipinski definition) is 3. The molecule has 2 saturated heterocycles. The molecule has 6 nitrogen and oxygen atoms in total. The van der Waals surface area contributed by atoms with Gasteiger partial charge in [-0.15, -0.1) is 0 Å². The number of hydrogen-bond donors (Lipinski definition) is 1. The highest BCUT2D eigenvalue weighted by molar-refractivity contribution is 7.87. The van der Waals surface area contributed by atoms with Crippen molar-refractivity contribution in [1.82, 2.24) is 15.1 Å². The van der Waals surface area contributed by atoms with Crippen LogP contribution in [0.4, 0.5) is 9.18 Å². The first-order valence-corrected chi connectivity index (χ1v) is 10.1. The van der Waals surface area contributed by atoms with E-state index in [-0.39, 0.29) is 36.1 Å². The van der Waals surface area contributed by atoms with Crippen molar-refractivity contribution in [3.8, 4) is 0 Å². The molecule has 0 aliphatic carbocycles. The number of rotatable bonds is 3. The van der Waals surface area contributed by atoms with Gasteiger partial charge in [0, 0.05) is 38.5 Å². The van der Waals surface area contributed by atoms with Gasteiger partial charge in [-0.1, -0.05) is 12.1 Å². The van der Waals surface area contributed by atoms with Crippen molar-refractivity contribution in [2.45, 2.75) is 44.1 Å². The third-order valence-electron chi connectivity index (χ3n) is 4.95. The molecule has 0 radical (unpaired) electrons. The largest absolute Gasteiger partial charge is 0.336 e. The lowest BCUT2D eigenvalue weighted by Crippen LogP contribution is -2.57. The van der Waals surface area contributed by atoms with E-state index in [1.807, 2.05) is 13.8 Å². The van der Waals surface area contributed by atoms with Gasteiger partial charge in [-0.2, -0.15) is 0 Å². The summed E-state index contributed by atoms with van der Waals surface area (Å²) in [7, 11) is -1.32. The summed E-state index contributed by atoms with van der Waals surface area (Å²) < 4.78 is 26.2. The Labute approximate surface area is 155 Å². The van der Waals surface area contributed by atoms with Crippen LogP contribution in [0.2, 0.25) is 0 Å². The van der Waals surface area contributed by atoms with Gasteiger partial charge >= 0.3 is 6.03 Å². The van der Waals surface area contributed by atoms with Crippen LogP contribution in [0, 0.1) is 5.82 Å².